The van der Waals surface area contributed by atoms with Gasteiger partial charge in [-0.15, -0.1) is 0 Å². The van der Waals surface area contributed by atoms with E-state index in [2.05, 4.69) is 10.5 Å². The molecule has 2 heterocycles. The number of benzene rings is 2. The molecule has 0 saturated heterocycles. The maximum atomic E-state index is 13.2. The quantitative estimate of drug-likeness (QED) is 0.858. The van der Waals surface area contributed by atoms with Crippen molar-refractivity contribution in [2.45, 2.75) is 12.8 Å². The average molecular weight is 395 g/mol. The summed E-state index contributed by atoms with van der Waals surface area (Å²) in [6, 6.07) is 10.7. The molecule has 2 amide bonds. The largest absolute Gasteiger partial charge is 0.493 e. The number of methoxy groups -OCH3 is 2. The number of rotatable bonds is 4. The summed E-state index contributed by atoms with van der Waals surface area (Å²) in [5, 5.41) is 4.14. The first kappa shape index (κ1) is 18.8. The van der Waals surface area contributed by atoms with Crippen molar-refractivity contribution in [2.75, 3.05) is 32.3 Å². The van der Waals surface area contributed by atoms with E-state index in [1.54, 1.807) is 30.2 Å². The van der Waals surface area contributed by atoms with E-state index in [4.69, 9.17) is 14.2 Å². The molecular weight excluding hydrogens is 374 g/mol. The molecule has 0 bridgehead atoms. The lowest BCUT2D eigenvalue weighted by Gasteiger charge is -2.30. The lowest BCUT2D eigenvalue weighted by molar-refractivity contribution is -0.121. The Labute approximate surface area is 168 Å². The van der Waals surface area contributed by atoms with Crippen molar-refractivity contribution in [3.8, 4) is 17.2 Å². The molecule has 0 aliphatic carbocycles. The molecule has 0 fully saturated rings. The molecule has 0 spiro atoms. The molecular formula is C21H21N3O5. The van der Waals surface area contributed by atoms with Crippen LogP contribution in [0.25, 0.3) is 0 Å². The second kappa shape index (κ2) is 7.83. The minimum atomic E-state index is -0.161. The van der Waals surface area contributed by atoms with Gasteiger partial charge in [-0.25, -0.2) is 5.43 Å². The van der Waals surface area contributed by atoms with Crippen molar-refractivity contribution in [1.29, 1.82) is 0 Å². The van der Waals surface area contributed by atoms with E-state index in [1.807, 2.05) is 18.2 Å². The fourth-order valence-corrected chi connectivity index (χ4v) is 3.42. The van der Waals surface area contributed by atoms with Crippen LogP contribution in [0.15, 0.2) is 41.5 Å². The lowest BCUT2D eigenvalue weighted by Crippen LogP contribution is -2.38. The van der Waals surface area contributed by atoms with Gasteiger partial charge in [-0.05, 0) is 36.4 Å². The van der Waals surface area contributed by atoms with E-state index in [-0.39, 0.29) is 11.8 Å². The summed E-state index contributed by atoms with van der Waals surface area (Å²) >= 11 is 0. The normalized spacial score (nSPS) is 15.6. The van der Waals surface area contributed by atoms with Crippen LogP contribution in [0.4, 0.5) is 5.69 Å². The molecule has 8 nitrogen and oxygen atoms in total. The molecule has 2 aliphatic rings. The molecule has 29 heavy (non-hydrogen) atoms. The molecule has 1 N–H and O–H groups in total. The first-order chi connectivity index (χ1) is 14.1. The number of nitrogens with one attached hydrogen (secondary N) is 1. The summed E-state index contributed by atoms with van der Waals surface area (Å²) in [6.07, 6.45) is 0.940. The van der Waals surface area contributed by atoms with E-state index in [0.29, 0.717) is 54.5 Å². The third-order valence-electron chi connectivity index (χ3n) is 4.94. The maximum absolute atomic E-state index is 13.2. The van der Waals surface area contributed by atoms with Gasteiger partial charge in [0.1, 0.15) is 12.4 Å². The zero-order valence-corrected chi connectivity index (χ0v) is 16.2. The predicted molar refractivity (Wildman–Crippen MR) is 107 cm³/mol. The molecule has 4 rings (SSSR count). The number of ether oxygens (including phenoxy) is 3. The molecule has 2 aromatic rings. The summed E-state index contributed by atoms with van der Waals surface area (Å²) < 4.78 is 16.3. The van der Waals surface area contributed by atoms with Crippen LogP contribution in [-0.4, -0.2) is 44.9 Å². The third-order valence-corrected chi connectivity index (χ3v) is 4.94. The van der Waals surface area contributed by atoms with Crippen LogP contribution >= 0.6 is 0 Å². The Bertz CT molecular complexity index is 1000. The number of nitrogens with zero attached hydrogens (tertiary/aromatic N) is 2. The topological polar surface area (TPSA) is 89.5 Å². The van der Waals surface area contributed by atoms with Crippen LogP contribution in [-0.2, 0) is 4.79 Å². The van der Waals surface area contributed by atoms with Gasteiger partial charge < -0.3 is 19.1 Å². The van der Waals surface area contributed by atoms with Crippen LogP contribution in [0, 0.1) is 0 Å². The van der Waals surface area contributed by atoms with Gasteiger partial charge in [0.2, 0.25) is 5.91 Å². The van der Waals surface area contributed by atoms with Gasteiger partial charge in [0, 0.05) is 24.0 Å². The molecule has 8 heteroatoms. The number of carbonyl (C=O) groups is 2. The number of anilines is 1. The van der Waals surface area contributed by atoms with Gasteiger partial charge in [-0.3, -0.25) is 9.59 Å². The molecule has 0 saturated carbocycles. The predicted octanol–water partition coefficient (Wildman–Crippen LogP) is 2.36. The average Bonchev–Trinajstić information content (AvgIpc) is 2.77. The van der Waals surface area contributed by atoms with Crippen molar-refractivity contribution >= 4 is 23.2 Å². The molecule has 0 aromatic heterocycles. The second-order valence-electron chi connectivity index (χ2n) is 6.65. The Morgan fingerprint density at radius 3 is 2.66 bits per heavy atom. The number of amides is 2. The van der Waals surface area contributed by atoms with Crippen molar-refractivity contribution in [3.05, 3.63) is 47.5 Å². The number of carbonyl (C=O) groups excluding carboxylic acids is 2. The Hall–Kier alpha value is -3.55. The van der Waals surface area contributed by atoms with Gasteiger partial charge in [-0.2, -0.15) is 5.10 Å². The van der Waals surface area contributed by atoms with E-state index < -0.39 is 0 Å². The van der Waals surface area contributed by atoms with Crippen molar-refractivity contribution in [2.24, 2.45) is 5.10 Å². The van der Waals surface area contributed by atoms with Crippen molar-refractivity contribution < 1.29 is 23.8 Å². The number of fused-ring (bicyclic) bond motifs is 1. The van der Waals surface area contributed by atoms with Gasteiger partial charge in [-0.1, -0.05) is 0 Å². The van der Waals surface area contributed by atoms with E-state index in [1.165, 1.54) is 7.11 Å². The van der Waals surface area contributed by atoms with Crippen LogP contribution in [0.1, 0.15) is 28.8 Å². The smallest absolute Gasteiger partial charge is 0.258 e. The highest BCUT2D eigenvalue weighted by molar-refractivity contribution is 6.09. The summed E-state index contributed by atoms with van der Waals surface area (Å²) in [7, 11) is 3.08. The lowest BCUT2D eigenvalue weighted by atomic mass is 10.0. The molecule has 0 atom stereocenters. The maximum Gasteiger partial charge on any atom is 0.258 e. The highest BCUT2D eigenvalue weighted by Crippen LogP contribution is 2.35. The van der Waals surface area contributed by atoms with Gasteiger partial charge >= 0.3 is 0 Å². The van der Waals surface area contributed by atoms with E-state index >= 15 is 0 Å². The summed E-state index contributed by atoms with van der Waals surface area (Å²) in [5.74, 6) is 1.43. The second-order valence-corrected chi connectivity index (χ2v) is 6.65. The van der Waals surface area contributed by atoms with Crippen LogP contribution < -0.4 is 24.5 Å². The zero-order chi connectivity index (χ0) is 20.4. The molecule has 2 aromatic carbocycles. The molecule has 2 aliphatic heterocycles. The standard InChI is InChI=1S/C21H21N3O5/c1-27-18-7-4-14(12-19(18)28-2)21(26)24-9-10-29-17-6-3-13(11-16(17)24)15-5-8-20(25)23-22-15/h3-4,6-7,11-12H,5,8-10H2,1-2H3,(H,23,25). The Morgan fingerprint density at radius 2 is 1.93 bits per heavy atom. The highest BCUT2D eigenvalue weighted by atomic mass is 16.5. The fourth-order valence-electron chi connectivity index (χ4n) is 3.42. The Balaban J connectivity index is 1.68. The minimum absolute atomic E-state index is 0.0969. The van der Waals surface area contributed by atoms with Gasteiger partial charge in [0.15, 0.2) is 11.5 Å². The number of hydrogen-bond acceptors (Lipinski definition) is 6. The molecule has 0 unspecified atom stereocenters. The zero-order valence-electron chi connectivity index (χ0n) is 16.2. The Morgan fingerprint density at radius 1 is 1.10 bits per heavy atom. The fraction of sp³-hybridized carbons (Fsp3) is 0.286. The molecule has 150 valence electrons. The first-order valence-electron chi connectivity index (χ1n) is 9.27. The summed E-state index contributed by atoms with van der Waals surface area (Å²) in [5.41, 5.74) is 5.29. The van der Waals surface area contributed by atoms with Gasteiger partial charge in [0.05, 0.1) is 32.2 Å². The minimum Gasteiger partial charge on any atom is -0.493 e. The highest BCUT2D eigenvalue weighted by Gasteiger charge is 2.27. The third kappa shape index (κ3) is 3.61. The first-order valence-corrected chi connectivity index (χ1v) is 9.27. The SMILES string of the molecule is COc1ccc(C(=O)N2CCOc3ccc(C4=NNC(=O)CC4)cc32)cc1OC. The van der Waals surface area contributed by atoms with E-state index in [0.717, 1.165) is 11.3 Å². The van der Waals surface area contributed by atoms with Crippen LogP contribution in [0.3, 0.4) is 0 Å². The van der Waals surface area contributed by atoms with E-state index in [9.17, 15) is 9.59 Å². The number of hydrogen-bond donors (Lipinski definition) is 1. The summed E-state index contributed by atoms with van der Waals surface area (Å²) in [4.78, 5) is 26.3. The van der Waals surface area contributed by atoms with Crippen molar-refractivity contribution in [1.82, 2.24) is 5.43 Å². The molecule has 0 radical (unpaired) electrons. The summed E-state index contributed by atoms with van der Waals surface area (Å²) in [6.45, 7) is 0.829. The van der Waals surface area contributed by atoms with Crippen molar-refractivity contribution in [3.63, 3.8) is 0 Å². The Kier molecular flexibility index (Phi) is 5.07. The monoisotopic (exact) mass is 395 g/mol. The number of hydrazone groups is 1. The van der Waals surface area contributed by atoms with Crippen LogP contribution in [0.2, 0.25) is 0 Å². The van der Waals surface area contributed by atoms with Crippen LogP contribution in [0.5, 0.6) is 17.2 Å². The van der Waals surface area contributed by atoms with Gasteiger partial charge in [0.25, 0.3) is 5.91 Å².